The molecule has 1 aromatic carbocycles. The molecule has 1 aromatic heterocycles. The first-order chi connectivity index (χ1) is 11.0. The zero-order chi connectivity index (χ0) is 16.4. The average Bonchev–Trinajstić information content (AvgIpc) is 3.22. The molecule has 1 fully saturated rings. The van der Waals surface area contributed by atoms with Crippen LogP contribution in [0, 0.1) is 13.8 Å². The lowest BCUT2D eigenvalue weighted by atomic mass is 10.1. The summed E-state index contributed by atoms with van der Waals surface area (Å²) in [4.78, 5) is 4.11. The van der Waals surface area contributed by atoms with Gasteiger partial charge in [-0.2, -0.15) is 0 Å². The van der Waals surface area contributed by atoms with Gasteiger partial charge in [0.25, 0.3) is 5.16 Å². The molecule has 0 spiro atoms. The van der Waals surface area contributed by atoms with E-state index < -0.39 is 9.84 Å². The third kappa shape index (κ3) is 3.72. The van der Waals surface area contributed by atoms with Gasteiger partial charge < -0.3 is 4.74 Å². The number of para-hydroxylation sites is 1. The molecule has 1 saturated carbocycles. The molecule has 0 radical (unpaired) electrons. The van der Waals surface area contributed by atoms with Crippen molar-refractivity contribution in [2.24, 2.45) is 0 Å². The van der Waals surface area contributed by atoms with Gasteiger partial charge >= 0.3 is 0 Å². The predicted octanol–water partition coefficient (Wildman–Crippen LogP) is 2.54. The summed E-state index contributed by atoms with van der Waals surface area (Å²) < 4.78 is 30.2. The normalized spacial score (nSPS) is 14.9. The molecule has 0 unspecified atom stereocenters. The predicted molar refractivity (Wildman–Crippen MR) is 86.4 cm³/mol. The minimum atomic E-state index is -3.45. The van der Waals surface area contributed by atoms with E-state index in [1.165, 1.54) is 0 Å². The van der Waals surface area contributed by atoms with Crippen LogP contribution in [0.15, 0.2) is 23.4 Å². The van der Waals surface area contributed by atoms with Crippen LogP contribution in [0.4, 0.5) is 0 Å². The second kappa shape index (κ2) is 6.31. The van der Waals surface area contributed by atoms with Crippen molar-refractivity contribution in [1.82, 2.24) is 15.2 Å². The van der Waals surface area contributed by atoms with Gasteiger partial charge in [0.05, 0.1) is 12.4 Å². The van der Waals surface area contributed by atoms with Gasteiger partial charge in [-0.3, -0.25) is 5.10 Å². The number of aryl methyl sites for hydroxylation is 2. The molecule has 23 heavy (non-hydrogen) atoms. The highest BCUT2D eigenvalue weighted by molar-refractivity contribution is 7.91. The van der Waals surface area contributed by atoms with Crippen LogP contribution in [0.2, 0.25) is 0 Å². The lowest BCUT2D eigenvalue weighted by molar-refractivity contribution is 0.313. The van der Waals surface area contributed by atoms with Crippen molar-refractivity contribution in [3.63, 3.8) is 0 Å². The van der Waals surface area contributed by atoms with Crippen molar-refractivity contribution < 1.29 is 13.2 Å². The second-order valence-electron chi connectivity index (χ2n) is 6.02. The van der Waals surface area contributed by atoms with Gasteiger partial charge in [0.15, 0.2) is 0 Å². The molecule has 1 heterocycles. The standard InChI is InChI=1S/C16H21N3O3S/c1-11-5-3-6-12(2)14(11)22-9-4-10-23(20,21)16-17-15(18-19-16)13-7-8-13/h3,5-6,13H,4,7-10H2,1-2H3,(H,17,18,19). The van der Waals surface area contributed by atoms with Crippen molar-refractivity contribution in [1.29, 1.82) is 0 Å². The first-order valence-electron chi connectivity index (χ1n) is 7.81. The Morgan fingerprint density at radius 3 is 2.61 bits per heavy atom. The van der Waals surface area contributed by atoms with E-state index in [0.717, 1.165) is 29.7 Å². The molecule has 1 aliphatic carbocycles. The molecule has 1 aliphatic rings. The Labute approximate surface area is 136 Å². The number of rotatable bonds is 7. The minimum Gasteiger partial charge on any atom is -0.493 e. The summed E-state index contributed by atoms with van der Waals surface area (Å²) in [5.41, 5.74) is 2.10. The van der Waals surface area contributed by atoms with E-state index >= 15 is 0 Å². The van der Waals surface area contributed by atoms with Crippen LogP contribution >= 0.6 is 0 Å². The number of aromatic amines is 1. The first kappa shape index (κ1) is 16.0. The maximum absolute atomic E-state index is 12.2. The quantitative estimate of drug-likeness (QED) is 0.786. The van der Waals surface area contributed by atoms with Crippen LogP contribution in [0.5, 0.6) is 5.75 Å². The van der Waals surface area contributed by atoms with Crippen LogP contribution in [-0.2, 0) is 9.84 Å². The number of nitrogens with one attached hydrogen (secondary N) is 1. The van der Waals surface area contributed by atoms with Gasteiger partial charge in [0.2, 0.25) is 9.84 Å². The molecule has 7 heteroatoms. The van der Waals surface area contributed by atoms with E-state index in [0.29, 0.717) is 24.8 Å². The van der Waals surface area contributed by atoms with Gasteiger partial charge in [-0.25, -0.2) is 13.4 Å². The molecule has 6 nitrogen and oxygen atoms in total. The Morgan fingerprint density at radius 2 is 1.96 bits per heavy atom. The van der Waals surface area contributed by atoms with Crippen LogP contribution < -0.4 is 4.74 Å². The number of sulfone groups is 1. The lowest BCUT2D eigenvalue weighted by Crippen LogP contribution is -2.12. The van der Waals surface area contributed by atoms with Crippen molar-refractivity contribution in [2.45, 2.75) is 44.2 Å². The number of benzene rings is 1. The van der Waals surface area contributed by atoms with Crippen molar-refractivity contribution >= 4 is 9.84 Å². The zero-order valence-corrected chi connectivity index (χ0v) is 14.2. The van der Waals surface area contributed by atoms with Gasteiger partial charge in [0.1, 0.15) is 11.6 Å². The Balaban J connectivity index is 1.55. The van der Waals surface area contributed by atoms with Crippen LogP contribution in [0.25, 0.3) is 0 Å². The number of aromatic nitrogens is 3. The summed E-state index contributed by atoms with van der Waals surface area (Å²) in [6.07, 6.45) is 2.51. The van der Waals surface area contributed by atoms with Crippen molar-refractivity contribution in [3.8, 4) is 5.75 Å². The summed E-state index contributed by atoms with van der Waals surface area (Å²) in [5.74, 6) is 1.87. The maximum atomic E-state index is 12.2. The largest absolute Gasteiger partial charge is 0.493 e. The Hall–Kier alpha value is -1.89. The van der Waals surface area contributed by atoms with Crippen molar-refractivity contribution in [3.05, 3.63) is 35.2 Å². The highest BCUT2D eigenvalue weighted by atomic mass is 32.2. The van der Waals surface area contributed by atoms with E-state index in [2.05, 4.69) is 15.2 Å². The number of nitrogens with zero attached hydrogens (tertiary/aromatic N) is 2. The monoisotopic (exact) mass is 335 g/mol. The number of ether oxygens (including phenoxy) is 1. The minimum absolute atomic E-state index is 0.0140. The maximum Gasteiger partial charge on any atom is 0.266 e. The summed E-state index contributed by atoms with van der Waals surface area (Å²) in [5, 5.41) is 6.49. The Kier molecular flexibility index (Phi) is 4.39. The van der Waals surface area contributed by atoms with Crippen LogP contribution in [-0.4, -0.2) is 36.0 Å². The number of hydrogen-bond acceptors (Lipinski definition) is 5. The molecule has 1 N–H and O–H groups in total. The van der Waals surface area contributed by atoms with Gasteiger partial charge in [-0.05, 0) is 44.2 Å². The van der Waals surface area contributed by atoms with Crippen LogP contribution in [0.1, 0.15) is 42.1 Å². The Morgan fingerprint density at radius 1 is 1.26 bits per heavy atom. The molecule has 0 amide bonds. The topological polar surface area (TPSA) is 84.9 Å². The third-order valence-corrected chi connectivity index (χ3v) is 5.50. The summed E-state index contributed by atoms with van der Waals surface area (Å²) in [7, 11) is -3.45. The summed E-state index contributed by atoms with van der Waals surface area (Å²) >= 11 is 0. The van der Waals surface area contributed by atoms with E-state index in [9.17, 15) is 8.42 Å². The smallest absolute Gasteiger partial charge is 0.266 e. The highest BCUT2D eigenvalue weighted by Gasteiger charge is 2.29. The average molecular weight is 335 g/mol. The van der Waals surface area contributed by atoms with Crippen molar-refractivity contribution in [2.75, 3.05) is 12.4 Å². The molecule has 0 bridgehead atoms. The molecule has 3 rings (SSSR count). The SMILES string of the molecule is Cc1cccc(C)c1OCCCS(=O)(=O)c1n[nH]c(C2CC2)n1. The molecule has 0 saturated heterocycles. The fraction of sp³-hybridized carbons (Fsp3) is 0.500. The van der Waals surface area contributed by atoms with E-state index in [-0.39, 0.29) is 10.9 Å². The van der Waals surface area contributed by atoms with Gasteiger partial charge in [0, 0.05) is 5.92 Å². The molecular weight excluding hydrogens is 314 g/mol. The molecule has 2 aromatic rings. The molecule has 124 valence electrons. The number of hydrogen-bond donors (Lipinski definition) is 1. The summed E-state index contributed by atoms with van der Waals surface area (Å²) in [6.45, 7) is 4.31. The van der Waals surface area contributed by atoms with Crippen LogP contribution in [0.3, 0.4) is 0 Å². The first-order valence-corrected chi connectivity index (χ1v) is 9.46. The van der Waals surface area contributed by atoms with E-state index in [1.54, 1.807) is 0 Å². The fourth-order valence-electron chi connectivity index (χ4n) is 2.48. The highest BCUT2D eigenvalue weighted by Crippen LogP contribution is 2.38. The second-order valence-corrected chi connectivity index (χ2v) is 8.02. The zero-order valence-electron chi connectivity index (χ0n) is 13.4. The fourth-order valence-corrected chi connectivity index (χ4v) is 3.58. The van der Waals surface area contributed by atoms with E-state index in [1.807, 2.05) is 32.0 Å². The van der Waals surface area contributed by atoms with E-state index in [4.69, 9.17) is 4.74 Å². The lowest BCUT2D eigenvalue weighted by Gasteiger charge is -2.11. The molecule has 0 atom stereocenters. The Bertz CT molecular complexity index is 774. The number of H-pyrrole nitrogens is 1. The molecular formula is C16H21N3O3S. The molecule has 0 aliphatic heterocycles. The third-order valence-electron chi connectivity index (χ3n) is 3.94. The van der Waals surface area contributed by atoms with Gasteiger partial charge in [-0.1, -0.05) is 18.2 Å². The van der Waals surface area contributed by atoms with Gasteiger partial charge in [-0.15, -0.1) is 5.10 Å². The summed E-state index contributed by atoms with van der Waals surface area (Å²) in [6, 6.07) is 5.93.